The third-order valence-electron chi connectivity index (χ3n) is 5.88. The number of hydrogen-bond donors (Lipinski definition) is 0. The van der Waals surface area contributed by atoms with Gasteiger partial charge in [0.2, 0.25) is 5.91 Å². The molecule has 0 bridgehead atoms. The Morgan fingerprint density at radius 2 is 1.63 bits per heavy atom. The number of carbonyl (C=O) groups is 2. The van der Waals surface area contributed by atoms with Crippen molar-refractivity contribution < 1.29 is 9.59 Å². The summed E-state index contributed by atoms with van der Waals surface area (Å²) >= 11 is 6.06. The van der Waals surface area contributed by atoms with Crippen molar-refractivity contribution in [2.45, 2.75) is 25.4 Å². The number of carbonyl (C=O) groups excluding carboxylic acids is 2. The molecule has 3 saturated heterocycles. The highest BCUT2D eigenvalue weighted by molar-refractivity contribution is 6.30. The van der Waals surface area contributed by atoms with Crippen LogP contribution in [0.25, 0.3) is 0 Å². The van der Waals surface area contributed by atoms with Crippen molar-refractivity contribution in [1.29, 1.82) is 0 Å². The summed E-state index contributed by atoms with van der Waals surface area (Å²) < 4.78 is 0. The van der Waals surface area contributed by atoms with Crippen molar-refractivity contribution in [1.82, 2.24) is 10.0 Å². The zero-order valence-corrected chi connectivity index (χ0v) is 15.8. The van der Waals surface area contributed by atoms with E-state index >= 15 is 0 Å². The van der Waals surface area contributed by atoms with Crippen molar-refractivity contribution in [3.05, 3.63) is 64.7 Å². The minimum absolute atomic E-state index is 0.107. The number of nitrogens with zero attached hydrogens (tertiary/aromatic N) is 3. The maximum atomic E-state index is 13.4. The van der Waals surface area contributed by atoms with Crippen LogP contribution in [0.4, 0.5) is 5.69 Å². The lowest BCUT2D eigenvalue weighted by atomic mass is 9.90. The van der Waals surface area contributed by atoms with Gasteiger partial charge in [-0.25, -0.2) is 14.9 Å². The fourth-order valence-corrected chi connectivity index (χ4v) is 4.92. The molecule has 2 aromatic carbocycles. The summed E-state index contributed by atoms with van der Waals surface area (Å²) in [5.41, 5.74) is 2.73. The zero-order valence-electron chi connectivity index (χ0n) is 15.0. The lowest BCUT2D eigenvalue weighted by Gasteiger charge is -2.29. The second-order valence-corrected chi connectivity index (χ2v) is 7.93. The molecule has 3 aliphatic rings. The van der Waals surface area contributed by atoms with Crippen molar-refractivity contribution >= 4 is 29.1 Å². The standard InChI is InChI=1S/C21H20ClN3O2/c1-13-4-2-5-16(12-13)25-20(26)17-18(14-6-8-15(22)9-7-14)23-10-3-11-24(23)19(17)21(25)27/h2,4-9,12,17-19H,3,10-11H2,1H3/t17-,18-,19-/m0/s1. The summed E-state index contributed by atoms with van der Waals surface area (Å²) in [6.07, 6.45) is 0.999. The Labute approximate surface area is 163 Å². The molecule has 2 amide bonds. The van der Waals surface area contributed by atoms with Gasteiger partial charge in [0.15, 0.2) is 0 Å². The van der Waals surface area contributed by atoms with Crippen LogP contribution in [0, 0.1) is 12.8 Å². The summed E-state index contributed by atoms with van der Waals surface area (Å²) in [6.45, 7) is 3.64. The Balaban J connectivity index is 1.59. The number of rotatable bonds is 2. The highest BCUT2D eigenvalue weighted by atomic mass is 35.5. The molecule has 5 nitrogen and oxygen atoms in total. The van der Waals surface area contributed by atoms with E-state index in [0.717, 1.165) is 30.6 Å². The number of hydrazine groups is 1. The molecular weight excluding hydrogens is 362 g/mol. The monoisotopic (exact) mass is 381 g/mol. The van der Waals surface area contributed by atoms with Gasteiger partial charge in [-0.2, -0.15) is 0 Å². The Bertz CT molecular complexity index is 929. The Morgan fingerprint density at radius 3 is 2.33 bits per heavy atom. The average molecular weight is 382 g/mol. The Kier molecular flexibility index (Phi) is 3.86. The van der Waals surface area contributed by atoms with E-state index in [9.17, 15) is 9.59 Å². The third kappa shape index (κ3) is 2.46. The lowest BCUT2D eigenvalue weighted by Crippen LogP contribution is -2.44. The average Bonchev–Trinajstić information content (AvgIpc) is 3.28. The smallest absolute Gasteiger partial charge is 0.253 e. The molecule has 3 heterocycles. The minimum Gasteiger partial charge on any atom is -0.274 e. The second kappa shape index (κ2) is 6.16. The van der Waals surface area contributed by atoms with E-state index < -0.39 is 6.04 Å². The largest absolute Gasteiger partial charge is 0.274 e. The van der Waals surface area contributed by atoms with Gasteiger partial charge in [0.25, 0.3) is 5.91 Å². The molecule has 5 rings (SSSR count). The number of anilines is 1. The predicted molar refractivity (Wildman–Crippen MR) is 103 cm³/mol. The number of halogens is 1. The molecule has 3 fully saturated rings. The summed E-state index contributed by atoms with van der Waals surface area (Å²) in [5.74, 6) is -0.608. The van der Waals surface area contributed by atoms with Gasteiger partial charge in [-0.3, -0.25) is 9.59 Å². The van der Waals surface area contributed by atoms with Crippen LogP contribution >= 0.6 is 11.6 Å². The SMILES string of the molecule is Cc1cccc(N2C(=O)[C@@H]3[C@@H](C2=O)N2CCCN2[C@H]3c2ccc(Cl)cc2)c1. The van der Waals surface area contributed by atoms with Crippen molar-refractivity contribution in [2.24, 2.45) is 5.92 Å². The normalized spacial score (nSPS) is 28.1. The molecule has 138 valence electrons. The van der Waals surface area contributed by atoms with E-state index in [4.69, 9.17) is 11.6 Å². The van der Waals surface area contributed by atoms with Gasteiger partial charge in [0.05, 0.1) is 17.6 Å². The van der Waals surface area contributed by atoms with Gasteiger partial charge in [-0.1, -0.05) is 35.9 Å². The first-order chi connectivity index (χ1) is 13.1. The maximum Gasteiger partial charge on any atom is 0.253 e. The zero-order chi connectivity index (χ0) is 18.7. The quantitative estimate of drug-likeness (QED) is 0.749. The third-order valence-corrected chi connectivity index (χ3v) is 6.13. The molecule has 0 saturated carbocycles. The van der Waals surface area contributed by atoms with Crippen LogP contribution in [0.15, 0.2) is 48.5 Å². The van der Waals surface area contributed by atoms with Crippen LogP contribution in [0.3, 0.4) is 0 Å². The molecule has 0 radical (unpaired) electrons. The first-order valence-corrected chi connectivity index (χ1v) is 9.67. The molecular formula is C21H20ClN3O2. The van der Waals surface area contributed by atoms with Gasteiger partial charge < -0.3 is 0 Å². The minimum atomic E-state index is -0.416. The maximum absolute atomic E-state index is 13.4. The van der Waals surface area contributed by atoms with Crippen LogP contribution in [-0.4, -0.2) is 41.0 Å². The van der Waals surface area contributed by atoms with Gasteiger partial charge in [-0.15, -0.1) is 0 Å². The van der Waals surface area contributed by atoms with Gasteiger partial charge in [0, 0.05) is 18.1 Å². The molecule has 3 atom stereocenters. The summed E-state index contributed by atoms with van der Waals surface area (Å²) in [4.78, 5) is 28.1. The van der Waals surface area contributed by atoms with E-state index in [-0.39, 0.29) is 23.8 Å². The first-order valence-electron chi connectivity index (χ1n) is 9.29. The lowest BCUT2D eigenvalue weighted by molar-refractivity contribution is -0.126. The number of imide groups is 1. The van der Waals surface area contributed by atoms with Crippen molar-refractivity contribution in [3.8, 4) is 0 Å². The summed E-state index contributed by atoms with van der Waals surface area (Å²) in [7, 11) is 0. The van der Waals surface area contributed by atoms with Gasteiger partial charge in [-0.05, 0) is 48.7 Å². The summed E-state index contributed by atoms with van der Waals surface area (Å²) in [5, 5.41) is 4.99. The molecule has 0 aromatic heterocycles. The number of hydrogen-bond acceptors (Lipinski definition) is 4. The second-order valence-electron chi connectivity index (χ2n) is 7.50. The Morgan fingerprint density at radius 1 is 0.926 bits per heavy atom. The fraction of sp³-hybridized carbons (Fsp3) is 0.333. The van der Waals surface area contributed by atoms with E-state index in [1.807, 2.05) is 55.5 Å². The number of fused-ring (bicyclic) bond motifs is 3. The van der Waals surface area contributed by atoms with Crippen LogP contribution in [0.1, 0.15) is 23.6 Å². The van der Waals surface area contributed by atoms with Crippen LogP contribution in [-0.2, 0) is 9.59 Å². The van der Waals surface area contributed by atoms with E-state index in [1.54, 1.807) is 0 Å². The highest BCUT2D eigenvalue weighted by Crippen LogP contribution is 2.49. The predicted octanol–water partition coefficient (Wildman–Crippen LogP) is 3.18. The number of benzene rings is 2. The fourth-order valence-electron chi connectivity index (χ4n) is 4.79. The van der Waals surface area contributed by atoms with Crippen molar-refractivity contribution in [3.63, 3.8) is 0 Å². The van der Waals surface area contributed by atoms with Crippen LogP contribution < -0.4 is 4.90 Å². The molecule has 2 aromatic rings. The Hall–Kier alpha value is -2.21. The molecule has 0 aliphatic carbocycles. The van der Waals surface area contributed by atoms with E-state index in [1.165, 1.54) is 4.90 Å². The molecule has 0 unspecified atom stereocenters. The number of aryl methyl sites for hydroxylation is 1. The van der Waals surface area contributed by atoms with Crippen LogP contribution in [0.5, 0.6) is 0 Å². The van der Waals surface area contributed by atoms with Crippen molar-refractivity contribution in [2.75, 3.05) is 18.0 Å². The summed E-state index contributed by atoms with van der Waals surface area (Å²) in [6, 6.07) is 14.7. The van der Waals surface area contributed by atoms with E-state index in [2.05, 4.69) is 10.0 Å². The molecule has 0 N–H and O–H groups in total. The number of amides is 2. The topological polar surface area (TPSA) is 43.9 Å². The van der Waals surface area contributed by atoms with E-state index in [0.29, 0.717) is 10.7 Å². The molecule has 3 aliphatic heterocycles. The van der Waals surface area contributed by atoms with Crippen LogP contribution in [0.2, 0.25) is 5.02 Å². The molecule has 27 heavy (non-hydrogen) atoms. The van der Waals surface area contributed by atoms with Gasteiger partial charge in [0.1, 0.15) is 6.04 Å². The first kappa shape index (κ1) is 16.9. The molecule has 0 spiro atoms. The highest BCUT2D eigenvalue weighted by Gasteiger charge is 2.62. The molecule has 6 heteroatoms. The van der Waals surface area contributed by atoms with Gasteiger partial charge >= 0.3 is 0 Å².